The lowest BCUT2D eigenvalue weighted by Crippen LogP contribution is -2.27. The Morgan fingerprint density at radius 1 is 1.67 bits per heavy atom. The third-order valence-corrected chi connectivity index (χ3v) is 2.10. The van der Waals surface area contributed by atoms with Gasteiger partial charge in [-0.1, -0.05) is 6.08 Å². The van der Waals surface area contributed by atoms with Crippen molar-refractivity contribution in [2.24, 2.45) is 5.92 Å². The highest BCUT2D eigenvalue weighted by Crippen LogP contribution is 2.27. The minimum Gasteiger partial charge on any atom is -0.394 e. The molecule has 1 rings (SSSR count). The first-order valence-electron chi connectivity index (χ1n) is 3.84. The molecule has 0 saturated carbocycles. The number of rotatable bonds is 3. The van der Waals surface area contributed by atoms with Gasteiger partial charge >= 0.3 is 0 Å². The maximum absolute atomic E-state index is 9.52. The number of hydrogen-bond donors (Lipinski definition) is 2. The molecule has 0 aliphatic carbocycles. The van der Waals surface area contributed by atoms with Gasteiger partial charge in [-0.2, -0.15) is 0 Å². The molecule has 0 bridgehead atoms. The van der Waals surface area contributed by atoms with Gasteiger partial charge in [-0.05, 0) is 0 Å². The molecule has 0 aromatic heterocycles. The summed E-state index contributed by atoms with van der Waals surface area (Å²) in [4.78, 5) is 0. The second kappa shape index (κ2) is 4.00. The molecule has 1 fully saturated rings. The fourth-order valence-corrected chi connectivity index (χ4v) is 1.40. The van der Waals surface area contributed by atoms with Crippen LogP contribution in [0.5, 0.6) is 0 Å². The van der Waals surface area contributed by atoms with Gasteiger partial charge in [0, 0.05) is 13.0 Å². The molecule has 1 heterocycles. The molecule has 4 nitrogen and oxygen atoms in total. The number of aliphatic hydroxyl groups is 2. The fourth-order valence-electron chi connectivity index (χ4n) is 1.40. The summed E-state index contributed by atoms with van der Waals surface area (Å²) in [6.07, 6.45) is -0.206. The average Bonchev–Trinajstić information content (AvgIpc) is 2.41. The number of ether oxygens (including phenoxy) is 2. The van der Waals surface area contributed by atoms with Gasteiger partial charge in [0.25, 0.3) is 0 Å². The summed E-state index contributed by atoms with van der Waals surface area (Å²) in [7, 11) is 1.45. The van der Waals surface area contributed by atoms with Gasteiger partial charge in [0.1, 0.15) is 6.10 Å². The Balaban J connectivity index is 2.64. The molecular formula is C8H14O4. The fraction of sp³-hybridized carbons (Fsp3) is 0.750. The van der Waals surface area contributed by atoms with Crippen LogP contribution in [0.1, 0.15) is 0 Å². The highest BCUT2D eigenvalue weighted by atomic mass is 16.7. The molecule has 4 heteroatoms. The molecule has 0 unspecified atom stereocenters. The molecule has 0 amide bonds. The van der Waals surface area contributed by atoms with Crippen molar-refractivity contribution < 1.29 is 19.7 Å². The van der Waals surface area contributed by atoms with E-state index in [4.69, 9.17) is 14.6 Å². The number of hydrogen-bond acceptors (Lipinski definition) is 4. The smallest absolute Gasteiger partial charge is 0.184 e. The summed E-state index contributed by atoms with van der Waals surface area (Å²) in [5.41, 5.74) is 0. The number of aliphatic hydroxyl groups excluding tert-OH is 2. The maximum atomic E-state index is 9.52. The highest BCUT2D eigenvalue weighted by molar-refractivity contribution is 4.96. The van der Waals surface area contributed by atoms with Crippen LogP contribution in [0.15, 0.2) is 12.7 Å². The Morgan fingerprint density at radius 3 is 2.67 bits per heavy atom. The van der Waals surface area contributed by atoms with Gasteiger partial charge in [-0.25, -0.2) is 0 Å². The summed E-state index contributed by atoms with van der Waals surface area (Å²) in [5.74, 6) is -0.250. The molecule has 0 radical (unpaired) electrons. The van der Waals surface area contributed by atoms with Crippen molar-refractivity contribution in [3.8, 4) is 0 Å². The lowest BCUT2D eigenvalue weighted by Gasteiger charge is -2.13. The molecular weight excluding hydrogens is 160 g/mol. The van der Waals surface area contributed by atoms with Crippen LogP contribution in [-0.2, 0) is 9.47 Å². The van der Waals surface area contributed by atoms with Crippen molar-refractivity contribution in [1.29, 1.82) is 0 Å². The quantitative estimate of drug-likeness (QED) is 0.567. The first-order chi connectivity index (χ1) is 5.74. The van der Waals surface area contributed by atoms with Crippen LogP contribution in [0, 0.1) is 5.92 Å². The van der Waals surface area contributed by atoms with Crippen LogP contribution >= 0.6 is 0 Å². The molecule has 12 heavy (non-hydrogen) atoms. The van der Waals surface area contributed by atoms with E-state index in [0.717, 1.165) is 0 Å². The van der Waals surface area contributed by atoms with Gasteiger partial charge < -0.3 is 19.7 Å². The Morgan fingerprint density at radius 2 is 2.33 bits per heavy atom. The van der Waals surface area contributed by atoms with Gasteiger partial charge in [-0.3, -0.25) is 0 Å². The molecule has 1 aliphatic heterocycles. The van der Waals surface area contributed by atoms with Crippen molar-refractivity contribution >= 4 is 0 Å². The molecule has 1 saturated heterocycles. The van der Waals surface area contributed by atoms with E-state index < -0.39 is 18.5 Å². The minimum atomic E-state index is -0.732. The van der Waals surface area contributed by atoms with E-state index in [9.17, 15) is 5.11 Å². The third-order valence-electron chi connectivity index (χ3n) is 2.10. The van der Waals surface area contributed by atoms with Crippen LogP contribution in [0.2, 0.25) is 0 Å². The zero-order valence-corrected chi connectivity index (χ0v) is 7.01. The summed E-state index contributed by atoms with van der Waals surface area (Å²) in [5, 5.41) is 18.4. The average molecular weight is 174 g/mol. The number of methoxy groups -OCH3 is 1. The van der Waals surface area contributed by atoms with Gasteiger partial charge in [0.2, 0.25) is 0 Å². The van der Waals surface area contributed by atoms with Crippen molar-refractivity contribution in [2.75, 3.05) is 13.7 Å². The molecule has 4 atom stereocenters. The summed E-state index contributed by atoms with van der Waals surface area (Å²) >= 11 is 0. The molecule has 0 spiro atoms. The SMILES string of the molecule is C=C[C@H]1[C@@H](O)[C@H](OC)O[C@@H]1CO. The van der Waals surface area contributed by atoms with Crippen molar-refractivity contribution in [3.05, 3.63) is 12.7 Å². The van der Waals surface area contributed by atoms with Gasteiger partial charge in [0.15, 0.2) is 6.29 Å². The van der Waals surface area contributed by atoms with Crippen LogP contribution in [-0.4, -0.2) is 42.4 Å². The van der Waals surface area contributed by atoms with Crippen molar-refractivity contribution in [3.63, 3.8) is 0 Å². The van der Waals surface area contributed by atoms with Crippen LogP contribution in [0.25, 0.3) is 0 Å². The topological polar surface area (TPSA) is 58.9 Å². The minimum absolute atomic E-state index is 0.131. The summed E-state index contributed by atoms with van der Waals surface area (Å²) in [6, 6.07) is 0. The lowest BCUT2D eigenvalue weighted by atomic mass is 9.99. The largest absolute Gasteiger partial charge is 0.394 e. The normalized spacial score (nSPS) is 41.6. The summed E-state index contributed by atoms with van der Waals surface area (Å²) < 4.78 is 10.0. The van der Waals surface area contributed by atoms with Gasteiger partial charge in [-0.15, -0.1) is 6.58 Å². The van der Waals surface area contributed by atoms with E-state index in [0.29, 0.717) is 0 Å². The standard InChI is InChI=1S/C8H14O4/c1-3-5-6(4-9)12-8(11-2)7(5)10/h3,5-10H,1,4H2,2H3/t5-,6-,7-,8-/m1/s1. The van der Waals surface area contributed by atoms with E-state index in [1.165, 1.54) is 7.11 Å². The Hall–Kier alpha value is -0.420. The van der Waals surface area contributed by atoms with Crippen molar-refractivity contribution in [2.45, 2.75) is 18.5 Å². The zero-order valence-electron chi connectivity index (χ0n) is 7.01. The van der Waals surface area contributed by atoms with E-state index in [1.807, 2.05) is 0 Å². The first-order valence-corrected chi connectivity index (χ1v) is 3.84. The molecule has 1 aliphatic rings. The Labute approximate surface area is 71.4 Å². The van der Waals surface area contributed by atoms with Gasteiger partial charge in [0.05, 0.1) is 12.7 Å². The summed E-state index contributed by atoms with van der Waals surface area (Å²) in [6.45, 7) is 3.42. The highest BCUT2D eigenvalue weighted by Gasteiger charge is 2.41. The lowest BCUT2D eigenvalue weighted by molar-refractivity contribution is -0.153. The molecule has 0 aromatic carbocycles. The predicted octanol–water partition coefficient (Wildman–Crippen LogP) is -0.487. The second-order valence-electron chi connectivity index (χ2n) is 2.76. The predicted molar refractivity (Wildman–Crippen MR) is 42.4 cm³/mol. The van der Waals surface area contributed by atoms with Crippen molar-refractivity contribution in [1.82, 2.24) is 0 Å². The zero-order chi connectivity index (χ0) is 9.14. The monoisotopic (exact) mass is 174 g/mol. The first kappa shape index (κ1) is 9.67. The molecule has 0 aromatic rings. The van der Waals surface area contributed by atoms with Crippen LogP contribution in [0.3, 0.4) is 0 Å². The van der Waals surface area contributed by atoms with Crippen LogP contribution < -0.4 is 0 Å². The second-order valence-corrected chi connectivity index (χ2v) is 2.76. The molecule has 2 N–H and O–H groups in total. The van der Waals surface area contributed by atoms with E-state index in [1.54, 1.807) is 6.08 Å². The van der Waals surface area contributed by atoms with E-state index in [-0.39, 0.29) is 12.5 Å². The Bertz CT molecular complexity index is 157. The maximum Gasteiger partial charge on any atom is 0.184 e. The molecule has 70 valence electrons. The van der Waals surface area contributed by atoms with Crippen LogP contribution in [0.4, 0.5) is 0 Å². The third kappa shape index (κ3) is 1.51. The Kier molecular flexibility index (Phi) is 3.22. The van der Waals surface area contributed by atoms with E-state index in [2.05, 4.69) is 6.58 Å². The van der Waals surface area contributed by atoms with E-state index >= 15 is 0 Å².